The molecule has 3 aromatic rings. The number of carbonyl (C=O) groups is 1. The van der Waals surface area contributed by atoms with Gasteiger partial charge in [0.1, 0.15) is 5.69 Å². The highest BCUT2D eigenvalue weighted by atomic mass is 16.7. The zero-order chi connectivity index (χ0) is 17.7. The first-order valence-corrected chi connectivity index (χ1v) is 8.09. The quantitative estimate of drug-likeness (QED) is 0.780. The number of ether oxygens (including phenoxy) is 4. The molecule has 0 fully saturated rings. The van der Waals surface area contributed by atoms with Gasteiger partial charge in [-0.3, -0.25) is 4.79 Å². The fourth-order valence-electron chi connectivity index (χ4n) is 3.30. The van der Waals surface area contributed by atoms with Crippen LogP contribution in [0.25, 0.3) is 10.9 Å². The van der Waals surface area contributed by atoms with Gasteiger partial charge in [0.2, 0.25) is 13.6 Å². The Labute approximate surface area is 148 Å². The van der Waals surface area contributed by atoms with Crippen molar-refractivity contribution < 1.29 is 23.7 Å². The predicted molar refractivity (Wildman–Crippen MR) is 91.8 cm³/mol. The molecule has 0 bridgehead atoms. The zero-order valence-electron chi connectivity index (χ0n) is 13.7. The minimum atomic E-state index is -0.573. The summed E-state index contributed by atoms with van der Waals surface area (Å²) in [7, 11) is 0. The van der Waals surface area contributed by atoms with E-state index in [0.717, 1.165) is 22.3 Å². The lowest BCUT2D eigenvalue weighted by Gasteiger charge is -2.11. The lowest BCUT2D eigenvalue weighted by Crippen LogP contribution is -2.14. The molecular formula is C19H14N2O5. The Kier molecular flexibility index (Phi) is 3.15. The molecule has 0 aliphatic carbocycles. The monoisotopic (exact) mass is 350 g/mol. The van der Waals surface area contributed by atoms with E-state index in [0.29, 0.717) is 29.2 Å². The second-order valence-corrected chi connectivity index (χ2v) is 6.09. The van der Waals surface area contributed by atoms with E-state index in [1.807, 2.05) is 18.2 Å². The van der Waals surface area contributed by atoms with Crippen molar-refractivity contribution in [3.63, 3.8) is 0 Å². The highest BCUT2D eigenvalue weighted by molar-refractivity contribution is 5.98. The standard InChI is InChI=1S/C19H14N2O5/c20-19(22)13-7-11(5-10-1-3-14-16(6-10)25-8-23-14)17-12(21-13)2-4-15-18(17)26-9-24-15/h1-4,6-7H,5,8-9H2,(H2,20,22). The second-order valence-electron chi connectivity index (χ2n) is 6.09. The van der Waals surface area contributed by atoms with Gasteiger partial charge < -0.3 is 24.7 Å². The Bertz CT molecular complexity index is 1060. The van der Waals surface area contributed by atoms with Gasteiger partial charge in [-0.2, -0.15) is 0 Å². The summed E-state index contributed by atoms with van der Waals surface area (Å²) < 4.78 is 21.9. The molecule has 0 atom stereocenters. The zero-order valence-corrected chi connectivity index (χ0v) is 13.7. The van der Waals surface area contributed by atoms with Crippen molar-refractivity contribution in [1.29, 1.82) is 0 Å². The number of fused-ring (bicyclic) bond motifs is 4. The fourth-order valence-corrected chi connectivity index (χ4v) is 3.30. The molecule has 0 radical (unpaired) electrons. The van der Waals surface area contributed by atoms with E-state index in [1.54, 1.807) is 18.2 Å². The van der Waals surface area contributed by atoms with Gasteiger partial charge in [0.15, 0.2) is 23.0 Å². The van der Waals surface area contributed by atoms with Crippen LogP contribution in [0.1, 0.15) is 21.6 Å². The van der Waals surface area contributed by atoms with Crippen LogP contribution in [0.3, 0.4) is 0 Å². The number of hydrogen-bond acceptors (Lipinski definition) is 6. The molecular weight excluding hydrogens is 336 g/mol. The summed E-state index contributed by atoms with van der Waals surface area (Å²) in [5.41, 5.74) is 8.20. The van der Waals surface area contributed by atoms with Gasteiger partial charge in [-0.15, -0.1) is 0 Å². The molecule has 3 heterocycles. The molecule has 0 saturated carbocycles. The van der Waals surface area contributed by atoms with Crippen molar-refractivity contribution in [3.05, 3.63) is 53.2 Å². The van der Waals surface area contributed by atoms with Crippen molar-refractivity contribution in [2.45, 2.75) is 6.42 Å². The average molecular weight is 350 g/mol. The summed E-state index contributed by atoms with van der Waals surface area (Å²) in [5, 5.41) is 0.822. The van der Waals surface area contributed by atoms with Gasteiger partial charge in [0, 0.05) is 5.39 Å². The third-order valence-electron chi connectivity index (χ3n) is 4.47. The molecule has 130 valence electrons. The summed E-state index contributed by atoms with van der Waals surface area (Å²) in [4.78, 5) is 16.1. The third-order valence-corrected chi connectivity index (χ3v) is 4.47. The number of aromatic nitrogens is 1. The highest BCUT2D eigenvalue weighted by Gasteiger charge is 2.22. The number of hydrogen-bond donors (Lipinski definition) is 1. The number of primary amides is 1. The SMILES string of the molecule is NC(=O)c1cc(Cc2ccc3c(c2)OCO3)c2c3c(ccc2n1)OCO3. The van der Waals surface area contributed by atoms with Crippen LogP contribution in [0.5, 0.6) is 23.0 Å². The normalized spacial score (nSPS) is 14.0. The molecule has 5 rings (SSSR count). The number of benzene rings is 2. The smallest absolute Gasteiger partial charge is 0.267 e. The van der Waals surface area contributed by atoms with E-state index < -0.39 is 5.91 Å². The third kappa shape index (κ3) is 2.28. The van der Waals surface area contributed by atoms with E-state index in [2.05, 4.69) is 4.98 Å². The van der Waals surface area contributed by atoms with Crippen LogP contribution in [-0.2, 0) is 6.42 Å². The number of amides is 1. The number of pyridine rings is 1. The van der Waals surface area contributed by atoms with Gasteiger partial charge in [-0.1, -0.05) is 6.07 Å². The Morgan fingerprint density at radius 3 is 2.62 bits per heavy atom. The van der Waals surface area contributed by atoms with Crippen LogP contribution < -0.4 is 24.7 Å². The minimum absolute atomic E-state index is 0.162. The van der Waals surface area contributed by atoms with Gasteiger partial charge in [0.25, 0.3) is 5.91 Å². The van der Waals surface area contributed by atoms with Crippen LogP contribution >= 0.6 is 0 Å². The first kappa shape index (κ1) is 14.8. The molecule has 26 heavy (non-hydrogen) atoms. The largest absolute Gasteiger partial charge is 0.454 e. The molecule has 1 amide bonds. The molecule has 2 aliphatic rings. The molecule has 1 aromatic heterocycles. The maximum absolute atomic E-state index is 11.7. The fraction of sp³-hybridized carbons (Fsp3) is 0.158. The van der Waals surface area contributed by atoms with Crippen LogP contribution in [0, 0.1) is 0 Å². The van der Waals surface area contributed by atoms with E-state index in [1.165, 1.54) is 0 Å². The maximum atomic E-state index is 11.7. The van der Waals surface area contributed by atoms with E-state index in [4.69, 9.17) is 24.7 Å². The number of nitrogens with zero attached hydrogens (tertiary/aromatic N) is 1. The number of carbonyl (C=O) groups excluding carboxylic acids is 1. The Hall–Kier alpha value is -3.48. The van der Waals surface area contributed by atoms with Gasteiger partial charge in [-0.25, -0.2) is 4.98 Å². The van der Waals surface area contributed by atoms with Crippen molar-refractivity contribution in [1.82, 2.24) is 4.98 Å². The van der Waals surface area contributed by atoms with Crippen LogP contribution in [0.15, 0.2) is 36.4 Å². The van der Waals surface area contributed by atoms with E-state index in [9.17, 15) is 4.79 Å². The number of nitrogens with two attached hydrogens (primary N) is 1. The predicted octanol–water partition coefficient (Wildman–Crippen LogP) is 2.38. The second kappa shape index (κ2) is 5.52. The van der Waals surface area contributed by atoms with Crippen LogP contribution in [0.2, 0.25) is 0 Å². The summed E-state index contributed by atoms with van der Waals surface area (Å²) in [6.07, 6.45) is 0.551. The lowest BCUT2D eigenvalue weighted by molar-refractivity contribution is 0.0995. The summed E-state index contributed by atoms with van der Waals surface area (Å²) in [5.74, 6) is 2.17. The van der Waals surface area contributed by atoms with Gasteiger partial charge in [-0.05, 0) is 47.9 Å². The lowest BCUT2D eigenvalue weighted by atomic mass is 9.98. The first-order valence-electron chi connectivity index (χ1n) is 8.09. The van der Waals surface area contributed by atoms with Crippen molar-refractivity contribution in [3.8, 4) is 23.0 Å². The Morgan fingerprint density at radius 1 is 0.962 bits per heavy atom. The summed E-state index contributed by atoms with van der Waals surface area (Å²) in [6, 6.07) is 11.1. The van der Waals surface area contributed by atoms with Gasteiger partial charge in [0.05, 0.1) is 5.52 Å². The molecule has 0 spiro atoms. The van der Waals surface area contributed by atoms with Crippen molar-refractivity contribution in [2.75, 3.05) is 13.6 Å². The topological polar surface area (TPSA) is 92.9 Å². The Morgan fingerprint density at radius 2 is 1.73 bits per heavy atom. The maximum Gasteiger partial charge on any atom is 0.267 e. The molecule has 7 heteroatoms. The molecule has 0 saturated heterocycles. The molecule has 2 N–H and O–H groups in total. The average Bonchev–Trinajstić information content (AvgIpc) is 3.29. The molecule has 7 nitrogen and oxygen atoms in total. The van der Waals surface area contributed by atoms with E-state index in [-0.39, 0.29) is 19.3 Å². The molecule has 2 aromatic carbocycles. The molecule has 2 aliphatic heterocycles. The first-order chi connectivity index (χ1) is 12.7. The summed E-state index contributed by atoms with van der Waals surface area (Å²) >= 11 is 0. The summed E-state index contributed by atoms with van der Waals surface area (Å²) in [6.45, 7) is 0.386. The highest BCUT2D eigenvalue weighted by Crippen LogP contribution is 2.41. The minimum Gasteiger partial charge on any atom is -0.454 e. The van der Waals surface area contributed by atoms with Gasteiger partial charge >= 0.3 is 0 Å². The number of rotatable bonds is 3. The van der Waals surface area contributed by atoms with Crippen molar-refractivity contribution >= 4 is 16.8 Å². The molecule has 0 unspecified atom stereocenters. The van der Waals surface area contributed by atoms with Crippen LogP contribution in [-0.4, -0.2) is 24.5 Å². The Balaban J connectivity index is 1.67. The van der Waals surface area contributed by atoms with E-state index >= 15 is 0 Å². The van der Waals surface area contributed by atoms with Crippen LogP contribution in [0.4, 0.5) is 0 Å². The van der Waals surface area contributed by atoms with Crippen molar-refractivity contribution in [2.24, 2.45) is 5.73 Å².